The van der Waals surface area contributed by atoms with Crippen molar-refractivity contribution in [3.05, 3.63) is 0 Å². The fraction of sp³-hybridized carbons (Fsp3) is 0.950. The van der Waals surface area contributed by atoms with Gasteiger partial charge in [0.2, 0.25) is 0 Å². The molecule has 0 aliphatic heterocycles. The summed E-state index contributed by atoms with van der Waals surface area (Å²) in [7, 11) is 0. The Hall–Kier alpha value is -0.530. The van der Waals surface area contributed by atoms with Gasteiger partial charge in [0.05, 0.1) is 6.61 Å². The van der Waals surface area contributed by atoms with E-state index < -0.39 is 0 Å². The average molecular weight is 313 g/mol. The van der Waals surface area contributed by atoms with Gasteiger partial charge in [-0.2, -0.15) is 0 Å². The fourth-order valence-electron chi connectivity index (χ4n) is 2.67. The summed E-state index contributed by atoms with van der Waals surface area (Å²) in [5.41, 5.74) is 0. The Labute approximate surface area is 139 Å². The van der Waals surface area contributed by atoms with E-state index in [1.807, 2.05) is 0 Å². The number of rotatable bonds is 16. The van der Waals surface area contributed by atoms with Gasteiger partial charge in [-0.05, 0) is 18.8 Å². The zero-order valence-electron chi connectivity index (χ0n) is 15.5. The summed E-state index contributed by atoms with van der Waals surface area (Å²) < 4.78 is 5.28. The zero-order chi connectivity index (χ0) is 16.5. The molecule has 0 bridgehead atoms. The molecular weight excluding hydrogens is 272 g/mol. The van der Waals surface area contributed by atoms with Crippen molar-refractivity contribution in [1.29, 1.82) is 0 Å². The van der Waals surface area contributed by atoms with Crippen molar-refractivity contribution in [2.24, 2.45) is 5.92 Å². The van der Waals surface area contributed by atoms with Crippen LogP contribution in [0.3, 0.4) is 0 Å². The minimum Gasteiger partial charge on any atom is -0.466 e. The summed E-state index contributed by atoms with van der Waals surface area (Å²) in [4.78, 5) is 11.6. The maximum absolute atomic E-state index is 11.6. The summed E-state index contributed by atoms with van der Waals surface area (Å²) in [6.45, 7) is 7.38. The number of hydrogen-bond donors (Lipinski definition) is 0. The van der Waals surface area contributed by atoms with Crippen molar-refractivity contribution in [2.45, 2.75) is 111 Å². The highest BCUT2D eigenvalue weighted by atomic mass is 16.5. The first-order valence-electron chi connectivity index (χ1n) is 9.82. The van der Waals surface area contributed by atoms with Crippen LogP contribution in [-0.2, 0) is 9.53 Å². The van der Waals surface area contributed by atoms with Crippen molar-refractivity contribution >= 4 is 5.97 Å². The van der Waals surface area contributed by atoms with Gasteiger partial charge in [0.15, 0.2) is 0 Å². The SMILES string of the molecule is CCCCCCCCCCCC(=O)OCCCCCC(C)C. The molecule has 0 aromatic carbocycles. The van der Waals surface area contributed by atoms with E-state index in [9.17, 15) is 4.79 Å². The van der Waals surface area contributed by atoms with E-state index in [1.54, 1.807) is 0 Å². The molecule has 0 aliphatic carbocycles. The largest absolute Gasteiger partial charge is 0.466 e. The van der Waals surface area contributed by atoms with Crippen LogP contribution < -0.4 is 0 Å². The van der Waals surface area contributed by atoms with Gasteiger partial charge >= 0.3 is 5.97 Å². The van der Waals surface area contributed by atoms with E-state index in [0.29, 0.717) is 13.0 Å². The molecule has 0 rings (SSSR count). The van der Waals surface area contributed by atoms with Gasteiger partial charge in [0.25, 0.3) is 0 Å². The Morgan fingerprint density at radius 2 is 1.32 bits per heavy atom. The Morgan fingerprint density at radius 3 is 1.91 bits per heavy atom. The zero-order valence-corrected chi connectivity index (χ0v) is 15.5. The lowest BCUT2D eigenvalue weighted by Gasteiger charge is -2.06. The summed E-state index contributed by atoms with van der Waals surface area (Å²) in [6, 6.07) is 0. The standard InChI is InChI=1S/C20H40O2/c1-4-5-6-7-8-9-10-11-14-17-20(21)22-18-15-12-13-16-19(2)3/h19H,4-18H2,1-3H3. The van der Waals surface area contributed by atoms with Crippen LogP contribution in [0.15, 0.2) is 0 Å². The third kappa shape index (κ3) is 17.5. The molecule has 0 heterocycles. The molecule has 2 heteroatoms. The van der Waals surface area contributed by atoms with Crippen LogP contribution in [0.1, 0.15) is 111 Å². The van der Waals surface area contributed by atoms with E-state index in [1.165, 1.54) is 70.6 Å². The third-order valence-corrected chi connectivity index (χ3v) is 4.17. The molecule has 0 saturated heterocycles. The minimum atomic E-state index is 0.00630. The molecule has 0 atom stereocenters. The van der Waals surface area contributed by atoms with Crippen LogP contribution in [-0.4, -0.2) is 12.6 Å². The lowest BCUT2D eigenvalue weighted by molar-refractivity contribution is -0.143. The first kappa shape index (κ1) is 21.5. The van der Waals surface area contributed by atoms with Gasteiger partial charge in [-0.25, -0.2) is 0 Å². The van der Waals surface area contributed by atoms with E-state index in [2.05, 4.69) is 20.8 Å². The second-order valence-electron chi connectivity index (χ2n) is 7.04. The normalized spacial score (nSPS) is 11.1. The second-order valence-corrected chi connectivity index (χ2v) is 7.04. The molecule has 0 amide bonds. The van der Waals surface area contributed by atoms with Gasteiger partial charge in [-0.3, -0.25) is 4.79 Å². The summed E-state index contributed by atoms with van der Waals surface area (Å²) in [5.74, 6) is 0.793. The molecule has 0 fully saturated rings. The maximum atomic E-state index is 11.6. The predicted molar refractivity (Wildman–Crippen MR) is 96.1 cm³/mol. The lowest BCUT2D eigenvalue weighted by Crippen LogP contribution is -2.05. The number of hydrogen-bond acceptors (Lipinski definition) is 2. The molecule has 0 aromatic rings. The van der Waals surface area contributed by atoms with Crippen molar-refractivity contribution in [3.63, 3.8) is 0 Å². The molecule has 0 spiro atoms. The summed E-state index contributed by atoms with van der Waals surface area (Å²) in [5, 5.41) is 0. The molecule has 0 aromatic heterocycles. The predicted octanol–water partition coefficient (Wildman–Crippen LogP) is 6.67. The summed E-state index contributed by atoms with van der Waals surface area (Å²) in [6.07, 6.45) is 17.0. The summed E-state index contributed by atoms with van der Waals surface area (Å²) >= 11 is 0. The molecule has 0 radical (unpaired) electrons. The smallest absolute Gasteiger partial charge is 0.305 e. The molecule has 22 heavy (non-hydrogen) atoms. The maximum Gasteiger partial charge on any atom is 0.305 e. The van der Waals surface area contributed by atoms with Crippen molar-refractivity contribution < 1.29 is 9.53 Å². The van der Waals surface area contributed by atoms with Crippen molar-refractivity contribution in [2.75, 3.05) is 6.61 Å². The van der Waals surface area contributed by atoms with E-state index in [0.717, 1.165) is 18.8 Å². The number of unbranched alkanes of at least 4 members (excludes halogenated alkanes) is 10. The highest BCUT2D eigenvalue weighted by Gasteiger charge is 2.02. The first-order valence-corrected chi connectivity index (χ1v) is 9.82. The van der Waals surface area contributed by atoms with Gasteiger partial charge in [0, 0.05) is 6.42 Å². The van der Waals surface area contributed by atoms with Crippen LogP contribution in [0.4, 0.5) is 0 Å². The van der Waals surface area contributed by atoms with Gasteiger partial charge in [-0.15, -0.1) is 0 Å². The number of carbonyl (C=O) groups is 1. The van der Waals surface area contributed by atoms with E-state index in [4.69, 9.17) is 4.74 Å². The minimum absolute atomic E-state index is 0.00630. The Morgan fingerprint density at radius 1 is 0.773 bits per heavy atom. The quantitative estimate of drug-likeness (QED) is 0.235. The molecule has 0 N–H and O–H groups in total. The molecule has 0 aliphatic rings. The molecule has 0 saturated carbocycles. The highest BCUT2D eigenvalue weighted by molar-refractivity contribution is 5.69. The fourth-order valence-corrected chi connectivity index (χ4v) is 2.67. The Kier molecular flexibility index (Phi) is 16.4. The Bertz CT molecular complexity index is 236. The second kappa shape index (κ2) is 16.8. The van der Waals surface area contributed by atoms with Gasteiger partial charge < -0.3 is 4.74 Å². The Balaban J connectivity index is 3.16. The monoisotopic (exact) mass is 312 g/mol. The van der Waals surface area contributed by atoms with Crippen LogP contribution in [0.2, 0.25) is 0 Å². The number of ether oxygens (including phenoxy) is 1. The third-order valence-electron chi connectivity index (χ3n) is 4.17. The van der Waals surface area contributed by atoms with Crippen LogP contribution in [0, 0.1) is 5.92 Å². The van der Waals surface area contributed by atoms with Gasteiger partial charge in [0.1, 0.15) is 0 Å². The molecule has 132 valence electrons. The van der Waals surface area contributed by atoms with Gasteiger partial charge in [-0.1, -0.05) is 91.4 Å². The van der Waals surface area contributed by atoms with Crippen molar-refractivity contribution in [3.8, 4) is 0 Å². The molecule has 2 nitrogen and oxygen atoms in total. The van der Waals surface area contributed by atoms with Crippen LogP contribution in [0.25, 0.3) is 0 Å². The van der Waals surface area contributed by atoms with Crippen molar-refractivity contribution in [1.82, 2.24) is 0 Å². The number of carbonyl (C=O) groups excluding carboxylic acids is 1. The molecule has 0 unspecified atom stereocenters. The van der Waals surface area contributed by atoms with E-state index in [-0.39, 0.29) is 5.97 Å². The highest BCUT2D eigenvalue weighted by Crippen LogP contribution is 2.11. The van der Waals surface area contributed by atoms with Crippen LogP contribution in [0.5, 0.6) is 0 Å². The molecular formula is C20H40O2. The van der Waals surface area contributed by atoms with Crippen LogP contribution >= 0.6 is 0 Å². The lowest BCUT2D eigenvalue weighted by atomic mass is 10.1. The van der Waals surface area contributed by atoms with E-state index >= 15 is 0 Å². The number of esters is 1. The first-order chi connectivity index (χ1) is 10.7. The topological polar surface area (TPSA) is 26.3 Å². The average Bonchev–Trinajstić information content (AvgIpc) is 2.48.